The monoisotopic (exact) mass is 554 g/mol. The molecule has 0 radical (unpaired) electrons. The van der Waals surface area contributed by atoms with Crippen LogP contribution >= 0.6 is 0 Å². The summed E-state index contributed by atoms with van der Waals surface area (Å²) in [7, 11) is 0. The maximum absolute atomic E-state index is 14.2. The molecular weight excluding hydrogens is 512 g/mol. The van der Waals surface area contributed by atoms with Crippen molar-refractivity contribution in [3.8, 4) is 5.75 Å². The predicted octanol–water partition coefficient (Wildman–Crippen LogP) is 5.98. The number of likely N-dealkylation sites (tertiary alicyclic amines) is 1. The normalized spacial score (nSPS) is 24.6. The third-order valence-corrected chi connectivity index (χ3v) is 9.00. The van der Waals surface area contributed by atoms with Gasteiger partial charge in [0, 0.05) is 43.6 Å². The SMILES string of the molecule is C=CCN1CCC2(c3cccc(OC(C)=O)c3)CC(N(CC(C)C)C(=O)c3ccc4ccccc4c3)CCC2(O)C1. The number of rotatable bonds is 8. The molecule has 3 atom stereocenters. The summed E-state index contributed by atoms with van der Waals surface area (Å²) in [4.78, 5) is 30.3. The second-order valence-electron chi connectivity index (χ2n) is 12.3. The first-order valence-corrected chi connectivity index (χ1v) is 14.8. The van der Waals surface area contributed by atoms with Gasteiger partial charge in [-0.3, -0.25) is 14.5 Å². The molecule has 3 aromatic rings. The molecule has 0 aromatic heterocycles. The van der Waals surface area contributed by atoms with E-state index in [1.54, 1.807) is 6.07 Å². The van der Waals surface area contributed by atoms with Crippen LogP contribution in [-0.4, -0.2) is 64.6 Å². The molecule has 1 saturated heterocycles. The average molecular weight is 555 g/mol. The molecular formula is C35H42N2O4. The molecule has 6 nitrogen and oxygen atoms in total. The minimum atomic E-state index is -0.991. The van der Waals surface area contributed by atoms with Crippen LogP contribution in [0.3, 0.4) is 0 Å². The average Bonchev–Trinajstić information content (AvgIpc) is 2.95. The number of hydrogen-bond acceptors (Lipinski definition) is 5. The lowest BCUT2D eigenvalue weighted by atomic mass is 9.55. The van der Waals surface area contributed by atoms with E-state index in [0.717, 1.165) is 42.3 Å². The molecule has 3 aromatic carbocycles. The Labute approximate surface area is 243 Å². The zero-order valence-electron chi connectivity index (χ0n) is 24.5. The van der Waals surface area contributed by atoms with Gasteiger partial charge in [-0.1, -0.05) is 62.4 Å². The van der Waals surface area contributed by atoms with E-state index in [4.69, 9.17) is 4.74 Å². The number of esters is 1. The molecule has 1 N–H and O–H groups in total. The number of piperidine rings is 1. The number of fused-ring (bicyclic) bond motifs is 2. The fourth-order valence-corrected chi connectivity index (χ4v) is 7.14. The first kappa shape index (κ1) is 29.0. The smallest absolute Gasteiger partial charge is 0.308 e. The van der Waals surface area contributed by atoms with Crippen molar-refractivity contribution < 1.29 is 19.4 Å². The fraction of sp³-hybridized carbons (Fsp3) is 0.429. The van der Waals surface area contributed by atoms with E-state index < -0.39 is 11.0 Å². The first-order chi connectivity index (χ1) is 19.6. The lowest BCUT2D eigenvalue weighted by molar-refractivity contribution is -0.132. The van der Waals surface area contributed by atoms with E-state index in [9.17, 15) is 14.7 Å². The summed E-state index contributed by atoms with van der Waals surface area (Å²) in [6, 6.07) is 21.7. The van der Waals surface area contributed by atoms with Gasteiger partial charge in [0.25, 0.3) is 5.91 Å². The van der Waals surface area contributed by atoms with Crippen molar-refractivity contribution in [3.05, 3.63) is 90.5 Å². The molecule has 1 aliphatic carbocycles. The van der Waals surface area contributed by atoms with E-state index in [2.05, 4.69) is 36.3 Å². The Bertz CT molecular complexity index is 1430. The second-order valence-corrected chi connectivity index (χ2v) is 12.3. The van der Waals surface area contributed by atoms with Crippen LogP contribution in [0.4, 0.5) is 0 Å². The van der Waals surface area contributed by atoms with Gasteiger partial charge in [-0.15, -0.1) is 6.58 Å². The summed E-state index contributed by atoms with van der Waals surface area (Å²) in [5.74, 6) is 0.431. The summed E-state index contributed by atoms with van der Waals surface area (Å²) >= 11 is 0. The van der Waals surface area contributed by atoms with Crippen molar-refractivity contribution in [2.75, 3.05) is 26.2 Å². The predicted molar refractivity (Wildman–Crippen MR) is 163 cm³/mol. The minimum absolute atomic E-state index is 0.0350. The molecule has 2 aliphatic rings. The van der Waals surface area contributed by atoms with Gasteiger partial charge in [0.05, 0.1) is 5.60 Å². The Hall–Kier alpha value is -3.48. The Kier molecular flexibility index (Phi) is 8.35. The van der Waals surface area contributed by atoms with Crippen molar-refractivity contribution in [1.29, 1.82) is 0 Å². The van der Waals surface area contributed by atoms with Crippen LogP contribution in [-0.2, 0) is 10.2 Å². The van der Waals surface area contributed by atoms with Crippen molar-refractivity contribution in [1.82, 2.24) is 9.80 Å². The first-order valence-electron chi connectivity index (χ1n) is 14.8. The van der Waals surface area contributed by atoms with Crippen molar-refractivity contribution in [2.24, 2.45) is 5.92 Å². The van der Waals surface area contributed by atoms with Gasteiger partial charge in [0.2, 0.25) is 0 Å². The van der Waals surface area contributed by atoms with Crippen molar-refractivity contribution >= 4 is 22.6 Å². The van der Waals surface area contributed by atoms with Crippen LogP contribution in [0, 0.1) is 5.92 Å². The third kappa shape index (κ3) is 5.81. The van der Waals surface area contributed by atoms with Crippen LogP contribution in [0.25, 0.3) is 10.8 Å². The van der Waals surface area contributed by atoms with Gasteiger partial charge < -0.3 is 14.7 Å². The number of aliphatic hydroxyl groups is 1. The molecule has 41 heavy (non-hydrogen) atoms. The Balaban J connectivity index is 1.54. The number of ether oxygens (including phenoxy) is 1. The second kappa shape index (κ2) is 11.8. The Morgan fingerprint density at radius 3 is 2.61 bits per heavy atom. The largest absolute Gasteiger partial charge is 0.427 e. The standard InChI is InChI=1S/C35H42N2O4/c1-5-18-36-19-17-34(30-11-8-12-32(21-30)41-26(4)38)22-31(15-16-35(34,40)24-36)37(23-25(2)3)33(39)29-14-13-27-9-6-7-10-28(27)20-29/h5-14,20-21,25,31,40H,1,15-19,22-24H2,2-4H3. The molecule has 6 heteroatoms. The molecule has 3 unspecified atom stereocenters. The maximum Gasteiger partial charge on any atom is 0.308 e. The van der Waals surface area contributed by atoms with Crippen molar-refractivity contribution in [3.63, 3.8) is 0 Å². The molecule has 1 heterocycles. The highest BCUT2D eigenvalue weighted by Gasteiger charge is 2.58. The van der Waals surface area contributed by atoms with Gasteiger partial charge >= 0.3 is 5.97 Å². The third-order valence-electron chi connectivity index (χ3n) is 9.00. The van der Waals surface area contributed by atoms with Crippen LogP contribution in [0.1, 0.15) is 62.4 Å². The van der Waals surface area contributed by atoms with Crippen LogP contribution in [0.2, 0.25) is 0 Å². The highest BCUT2D eigenvalue weighted by atomic mass is 16.5. The summed E-state index contributed by atoms with van der Waals surface area (Å²) in [6.07, 6.45) is 4.55. The summed E-state index contributed by atoms with van der Waals surface area (Å²) in [5, 5.41) is 14.6. The van der Waals surface area contributed by atoms with Gasteiger partial charge in [-0.2, -0.15) is 0 Å². The zero-order chi connectivity index (χ0) is 29.2. The molecule has 5 rings (SSSR count). The number of hydrogen-bond donors (Lipinski definition) is 1. The minimum Gasteiger partial charge on any atom is -0.427 e. The summed E-state index contributed by atoms with van der Waals surface area (Å²) in [5.41, 5.74) is 0.0684. The molecule has 0 spiro atoms. The van der Waals surface area contributed by atoms with Crippen LogP contribution in [0.15, 0.2) is 79.4 Å². The van der Waals surface area contributed by atoms with E-state index in [1.807, 2.05) is 60.7 Å². The molecule has 1 saturated carbocycles. The topological polar surface area (TPSA) is 70.1 Å². The van der Waals surface area contributed by atoms with E-state index in [-0.39, 0.29) is 23.8 Å². The summed E-state index contributed by atoms with van der Waals surface area (Å²) in [6.45, 7) is 12.3. The van der Waals surface area contributed by atoms with E-state index >= 15 is 0 Å². The molecule has 0 bridgehead atoms. The quantitative estimate of drug-likeness (QED) is 0.211. The maximum atomic E-state index is 14.2. The number of carbonyl (C=O) groups is 2. The molecule has 1 amide bonds. The lowest BCUT2D eigenvalue weighted by Gasteiger charge is -2.59. The number of amides is 1. The highest BCUT2D eigenvalue weighted by molar-refractivity contribution is 5.98. The number of benzene rings is 3. The Morgan fingerprint density at radius 1 is 1.10 bits per heavy atom. The van der Waals surface area contributed by atoms with Gasteiger partial charge in [0.15, 0.2) is 0 Å². The van der Waals surface area contributed by atoms with E-state index in [1.165, 1.54) is 6.92 Å². The molecule has 2 fully saturated rings. The molecule has 1 aliphatic heterocycles. The number of β-amino-alcohol motifs (C(OH)–C–C–N with tert-alkyl or cyclic N) is 1. The van der Waals surface area contributed by atoms with Gasteiger partial charge in [-0.05, 0) is 78.7 Å². The Morgan fingerprint density at radius 2 is 1.88 bits per heavy atom. The molecule has 216 valence electrons. The van der Waals surface area contributed by atoms with Crippen LogP contribution in [0.5, 0.6) is 5.75 Å². The lowest BCUT2D eigenvalue weighted by Crippen LogP contribution is -2.67. The van der Waals surface area contributed by atoms with Crippen molar-refractivity contribution in [2.45, 2.75) is 63.5 Å². The van der Waals surface area contributed by atoms with Crippen LogP contribution < -0.4 is 4.74 Å². The van der Waals surface area contributed by atoms with Gasteiger partial charge in [0.1, 0.15) is 5.75 Å². The van der Waals surface area contributed by atoms with E-state index in [0.29, 0.717) is 37.2 Å². The zero-order valence-corrected chi connectivity index (χ0v) is 24.5. The fourth-order valence-electron chi connectivity index (χ4n) is 7.14. The number of carbonyl (C=O) groups excluding carboxylic acids is 2. The highest BCUT2D eigenvalue weighted by Crippen LogP contribution is 2.53. The number of nitrogens with zero attached hydrogens (tertiary/aromatic N) is 2. The summed E-state index contributed by atoms with van der Waals surface area (Å²) < 4.78 is 5.46. The van der Waals surface area contributed by atoms with Gasteiger partial charge in [-0.25, -0.2) is 0 Å².